The van der Waals surface area contributed by atoms with Gasteiger partial charge in [0.05, 0.1) is 0 Å². The molecule has 0 spiro atoms. The maximum atomic E-state index is 2.18. The van der Waals surface area contributed by atoms with Crippen LogP contribution in [0.5, 0.6) is 0 Å². The predicted molar refractivity (Wildman–Crippen MR) is 36.7 cm³/mol. The van der Waals surface area contributed by atoms with Crippen LogP contribution in [0.25, 0.3) is 0 Å². The molecule has 0 unspecified atom stereocenters. The molecule has 0 saturated carbocycles. The van der Waals surface area contributed by atoms with Crippen molar-refractivity contribution in [1.82, 2.24) is 0 Å². The van der Waals surface area contributed by atoms with Crippen LogP contribution in [0.15, 0.2) is 36.5 Å². The highest BCUT2D eigenvalue weighted by molar-refractivity contribution is 5.13. The first kappa shape index (κ1) is 5.36. The molecule has 0 heterocycles. The lowest BCUT2D eigenvalue weighted by Gasteiger charge is -1.86. The summed E-state index contributed by atoms with van der Waals surface area (Å²) < 4.78 is 0. The van der Waals surface area contributed by atoms with E-state index < -0.39 is 0 Å². The minimum Gasteiger partial charge on any atom is -0.0842 e. The summed E-state index contributed by atoms with van der Waals surface area (Å²) >= 11 is 0. The molecule has 0 heteroatoms. The average molecular weight is 106 g/mol. The van der Waals surface area contributed by atoms with Gasteiger partial charge in [-0.3, -0.25) is 0 Å². The molecule has 1 aliphatic carbocycles. The fourth-order valence-corrected chi connectivity index (χ4v) is 0.670. The second-order valence-electron chi connectivity index (χ2n) is 1.82. The van der Waals surface area contributed by atoms with Gasteiger partial charge in [-0.25, -0.2) is 0 Å². The van der Waals surface area contributed by atoms with Crippen molar-refractivity contribution < 1.29 is 0 Å². The van der Waals surface area contributed by atoms with Crippen molar-refractivity contribution in [2.75, 3.05) is 0 Å². The highest BCUT2D eigenvalue weighted by Gasteiger charge is 1.75. The van der Waals surface area contributed by atoms with Gasteiger partial charge in [0, 0.05) is 0 Å². The fourth-order valence-electron chi connectivity index (χ4n) is 0.670. The lowest BCUT2D eigenvalue weighted by atomic mass is 10.2. The first-order chi connectivity index (χ1) is 4.00. The van der Waals surface area contributed by atoms with E-state index in [1.165, 1.54) is 12.8 Å². The van der Waals surface area contributed by atoms with Crippen molar-refractivity contribution >= 4 is 0 Å². The number of hydrogen-bond acceptors (Lipinski definition) is 0. The zero-order valence-electron chi connectivity index (χ0n) is 4.88. The van der Waals surface area contributed by atoms with Crippen LogP contribution in [0.3, 0.4) is 0 Å². The summed E-state index contributed by atoms with van der Waals surface area (Å²) in [4.78, 5) is 0. The highest BCUT2D eigenvalue weighted by atomic mass is 13.8. The Bertz CT molecular complexity index is 111. The van der Waals surface area contributed by atoms with Crippen molar-refractivity contribution in [3.63, 3.8) is 0 Å². The minimum absolute atomic E-state index is 1.18. The van der Waals surface area contributed by atoms with Gasteiger partial charge in [0.2, 0.25) is 0 Å². The maximum absolute atomic E-state index is 2.18. The standard InChI is InChI=1S/C8H10/c1-2-4-6-8-7-5-3-1/h1-6H,7-8H2. The van der Waals surface area contributed by atoms with Crippen molar-refractivity contribution in [3.05, 3.63) is 36.5 Å². The molecular weight excluding hydrogens is 96.1 g/mol. The van der Waals surface area contributed by atoms with Crippen molar-refractivity contribution in [1.29, 1.82) is 0 Å². The van der Waals surface area contributed by atoms with E-state index in [0.29, 0.717) is 0 Å². The zero-order valence-corrected chi connectivity index (χ0v) is 4.88. The quantitative estimate of drug-likeness (QED) is 0.445. The summed E-state index contributed by atoms with van der Waals surface area (Å²) in [5.41, 5.74) is 0. The molecule has 0 N–H and O–H groups in total. The molecule has 42 valence electrons. The van der Waals surface area contributed by atoms with Gasteiger partial charge in [0.15, 0.2) is 0 Å². The third-order valence-corrected chi connectivity index (χ3v) is 1.11. The van der Waals surface area contributed by atoms with Gasteiger partial charge < -0.3 is 0 Å². The SMILES string of the molecule is C1=CC=CCCC=C1. The van der Waals surface area contributed by atoms with Crippen LogP contribution in [-0.2, 0) is 0 Å². The first-order valence-corrected chi connectivity index (χ1v) is 2.98. The Morgan fingerprint density at radius 3 is 1.62 bits per heavy atom. The topological polar surface area (TPSA) is 0 Å². The molecule has 0 bridgehead atoms. The van der Waals surface area contributed by atoms with E-state index in [1.54, 1.807) is 0 Å². The Labute approximate surface area is 50.2 Å². The van der Waals surface area contributed by atoms with E-state index in [0.717, 1.165) is 0 Å². The van der Waals surface area contributed by atoms with Crippen LogP contribution in [-0.4, -0.2) is 0 Å². The molecule has 0 aromatic rings. The number of hydrogen-bond donors (Lipinski definition) is 0. The van der Waals surface area contributed by atoms with E-state index >= 15 is 0 Å². The number of allylic oxidation sites excluding steroid dienone is 6. The van der Waals surface area contributed by atoms with E-state index in [1.807, 2.05) is 0 Å². The van der Waals surface area contributed by atoms with Gasteiger partial charge in [0.1, 0.15) is 0 Å². The largest absolute Gasteiger partial charge is 0.0842 e. The summed E-state index contributed by atoms with van der Waals surface area (Å²) in [6.07, 6.45) is 15.0. The predicted octanol–water partition coefficient (Wildman–Crippen LogP) is 2.45. The molecule has 1 aliphatic rings. The third-order valence-electron chi connectivity index (χ3n) is 1.11. The van der Waals surface area contributed by atoms with Crippen molar-refractivity contribution in [2.24, 2.45) is 0 Å². The van der Waals surface area contributed by atoms with E-state index in [4.69, 9.17) is 0 Å². The second kappa shape index (κ2) is 3.25. The van der Waals surface area contributed by atoms with Crippen LogP contribution in [0.4, 0.5) is 0 Å². The number of rotatable bonds is 0. The first-order valence-electron chi connectivity index (χ1n) is 2.98. The molecule has 8 heavy (non-hydrogen) atoms. The lowest BCUT2D eigenvalue weighted by molar-refractivity contribution is 1.05. The molecule has 0 fully saturated rings. The molecule has 0 nitrogen and oxygen atoms in total. The van der Waals surface area contributed by atoms with Crippen LogP contribution >= 0.6 is 0 Å². The lowest BCUT2D eigenvalue weighted by Crippen LogP contribution is -1.65. The fraction of sp³-hybridized carbons (Fsp3) is 0.250. The van der Waals surface area contributed by atoms with Crippen LogP contribution < -0.4 is 0 Å². The monoisotopic (exact) mass is 106 g/mol. The summed E-state index contributed by atoms with van der Waals surface area (Å²) in [5, 5.41) is 0. The van der Waals surface area contributed by atoms with Gasteiger partial charge in [0.25, 0.3) is 0 Å². The van der Waals surface area contributed by atoms with Gasteiger partial charge >= 0.3 is 0 Å². The summed E-state index contributed by atoms with van der Waals surface area (Å²) in [5.74, 6) is 0. The van der Waals surface area contributed by atoms with Crippen LogP contribution in [0.2, 0.25) is 0 Å². The van der Waals surface area contributed by atoms with Gasteiger partial charge in [-0.15, -0.1) is 0 Å². The molecule has 0 radical (unpaired) electrons. The van der Waals surface area contributed by atoms with Crippen LogP contribution in [0.1, 0.15) is 12.8 Å². The molecule has 0 saturated heterocycles. The molecule has 0 amide bonds. The Morgan fingerprint density at radius 1 is 0.625 bits per heavy atom. The van der Waals surface area contributed by atoms with Crippen molar-refractivity contribution in [2.45, 2.75) is 12.8 Å². The summed E-state index contributed by atoms with van der Waals surface area (Å²) in [6, 6.07) is 0. The Balaban J connectivity index is 2.51. The normalized spacial score (nSPS) is 18.0. The van der Waals surface area contributed by atoms with E-state index in [2.05, 4.69) is 36.5 Å². The second-order valence-corrected chi connectivity index (χ2v) is 1.82. The molecule has 0 aromatic heterocycles. The summed E-state index contributed by atoms with van der Waals surface area (Å²) in [7, 11) is 0. The average Bonchev–Trinajstić information content (AvgIpc) is 1.62. The maximum Gasteiger partial charge on any atom is -0.0313 e. The molecule has 0 aromatic carbocycles. The van der Waals surface area contributed by atoms with E-state index in [-0.39, 0.29) is 0 Å². The minimum atomic E-state index is 1.18. The van der Waals surface area contributed by atoms with Crippen molar-refractivity contribution in [3.8, 4) is 0 Å². The molecule has 1 rings (SSSR count). The van der Waals surface area contributed by atoms with E-state index in [9.17, 15) is 0 Å². The Morgan fingerprint density at radius 2 is 1.12 bits per heavy atom. The van der Waals surface area contributed by atoms with Gasteiger partial charge in [-0.2, -0.15) is 0 Å². The third kappa shape index (κ3) is 1.78. The molecule has 0 aliphatic heterocycles. The van der Waals surface area contributed by atoms with Gasteiger partial charge in [-0.1, -0.05) is 36.5 Å². The van der Waals surface area contributed by atoms with Crippen LogP contribution in [0, 0.1) is 0 Å². The molecular formula is C8H10. The zero-order chi connectivity index (χ0) is 5.66. The molecule has 0 atom stereocenters. The Hall–Kier alpha value is -0.780. The van der Waals surface area contributed by atoms with Gasteiger partial charge in [-0.05, 0) is 12.8 Å². The smallest absolute Gasteiger partial charge is 0.0313 e. The summed E-state index contributed by atoms with van der Waals surface area (Å²) in [6.45, 7) is 0. The Kier molecular flexibility index (Phi) is 2.18. The highest BCUT2D eigenvalue weighted by Crippen LogP contribution is 1.96.